The molecule has 19 heavy (non-hydrogen) atoms. The molecule has 98 valence electrons. The minimum Gasteiger partial charge on any atom is -0.478 e. The number of carboxylic acid groups (broad SMARTS) is 1. The quantitative estimate of drug-likeness (QED) is 0.908. The highest BCUT2D eigenvalue weighted by molar-refractivity contribution is 9.10. The van der Waals surface area contributed by atoms with Gasteiger partial charge in [0, 0.05) is 16.2 Å². The lowest BCUT2D eigenvalue weighted by Gasteiger charge is -2.08. The molecule has 2 rings (SSSR count). The Hall–Kier alpha value is -2.08. The van der Waals surface area contributed by atoms with Crippen LogP contribution in [0.2, 0.25) is 0 Å². The summed E-state index contributed by atoms with van der Waals surface area (Å²) >= 11 is 3.36. The van der Waals surface area contributed by atoms with Gasteiger partial charge in [0.2, 0.25) is 0 Å². The van der Waals surface area contributed by atoms with Crippen LogP contribution >= 0.6 is 15.9 Å². The van der Waals surface area contributed by atoms with Gasteiger partial charge in [0.25, 0.3) is 5.91 Å². The van der Waals surface area contributed by atoms with Crippen molar-refractivity contribution in [2.24, 2.45) is 0 Å². The van der Waals surface area contributed by atoms with Crippen molar-refractivity contribution in [1.29, 1.82) is 0 Å². The molecule has 0 unspecified atom stereocenters. The Bertz CT molecular complexity index is 648. The van der Waals surface area contributed by atoms with Gasteiger partial charge in [0.15, 0.2) is 5.76 Å². The Morgan fingerprint density at radius 1 is 1.37 bits per heavy atom. The maximum atomic E-state index is 11.9. The van der Waals surface area contributed by atoms with Crippen LogP contribution in [-0.4, -0.2) is 17.0 Å². The van der Waals surface area contributed by atoms with Gasteiger partial charge in [-0.3, -0.25) is 4.79 Å². The number of hydrogen-bond acceptors (Lipinski definition) is 3. The van der Waals surface area contributed by atoms with Crippen LogP contribution in [0.1, 0.15) is 26.5 Å². The Morgan fingerprint density at radius 3 is 2.74 bits per heavy atom. The van der Waals surface area contributed by atoms with Crippen LogP contribution in [-0.2, 0) is 0 Å². The summed E-state index contributed by atoms with van der Waals surface area (Å²) < 4.78 is 5.80. The van der Waals surface area contributed by atoms with E-state index >= 15 is 0 Å². The average Bonchev–Trinajstić information content (AvgIpc) is 2.84. The standard InChI is InChI=1S/C13H10BrNO4/c1-7-9(14)3-2-4-10(7)15-12(16)11-5-8(6-19-11)13(17)18/h2-6H,1H3,(H,15,16)(H,17,18). The zero-order valence-corrected chi connectivity index (χ0v) is 11.5. The van der Waals surface area contributed by atoms with Gasteiger partial charge in [-0.15, -0.1) is 0 Å². The minimum absolute atomic E-state index is 0.0447. The second-order valence-corrected chi connectivity index (χ2v) is 4.73. The van der Waals surface area contributed by atoms with Gasteiger partial charge >= 0.3 is 5.97 Å². The normalized spacial score (nSPS) is 10.2. The molecule has 1 amide bonds. The summed E-state index contributed by atoms with van der Waals surface area (Å²) in [6.07, 6.45) is 1.03. The summed E-state index contributed by atoms with van der Waals surface area (Å²) in [5.41, 5.74) is 1.45. The molecule has 2 aromatic rings. The van der Waals surface area contributed by atoms with Gasteiger partial charge in [0.05, 0.1) is 5.56 Å². The van der Waals surface area contributed by atoms with Gasteiger partial charge in [-0.2, -0.15) is 0 Å². The van der Waals surface area contributed by atoms with Gasteiger partial charge in [0.1, 0.15) is 6.26 Å². The molecule has 1 aromatic carbocycles. The first-order valence-electron chi connectivity index (χ1n) is 5.37. The Kier molecular flexibility index (Phi) is 3.71. The molecule has 0 fully saturated rings. The number of hydrogen-bond donors (Lipinski definition) is 2. The number of carbonyl (C=O) groups is 2. The molecular formula is C13H10BrNO4. The molecule has 5 nitrogen and oxygen atoms in total. The fraction of sp³-hybridized carbons (Fsp3) is 0.0769. The van der Waals surface area contributed by atoms with Gasteiger partial charge in [-0.05, 0) is 24.6 Å². The third-order valence-corrected chi connectivity index (χ3v) is 3.45. The zero-order valence-electron chi connectivity index (χ0n) is 9.94. The molecule has 0 aliphatic heterocycles. The largest absolute Gasteiger partial charge is 0.478 e. The summed E-state index contributed by atoms with van der Waals surface area (Å²) in [6, 6.07) is 6.59. The molecule has 1 aromatic heterocycles. The summed E-state index contributed by atoms with van der Waals surface area (Å²) in [5.74, 6) is -1.67. The molecular weight excluding hydrogens is 314 g/mol. The fourth-order valence-electron chi connectivity index (χ4n) is 1.49. The first-order chi connectivity index (χ1) is 8.99. The van der Waals surface area contributed by atoms with E-state index in [1.807, 2.05) is 13.0 Å². The Morgan fingerprint density at radius 2 is 2.11 bits per heavy atom. The van der Waals surface area contributed by atoms with E-state index < -0.39 is 11.9 Å². The van der Waals surface area contributed by atoms with E-state index in [0.717, 1.165) is 16.3 Å². The van der Waals surface area contributed by atoms with Crippen LogP contribution < -0.4 is 5.32 Å². The van der Waals surface area contributed by atoms with E-state index in [-0.39, 0.29) is 11.3 Å². The zero-order chi connectivity index (χ0) is 14.0. The van der Waals surface area contributed by atoms with Crippen molar-refractivity contribution in [3.63, 3.8) is 0 Å². The van der Waals surface area contributed by atoms with Gasteiger partial charge in [-0.25, -0.2) is 4.79 Å². The number of anilines is 1. The van der Waals surface area contributed by atoms with E-state index in [0.29, 0.717) is 5.69 Å². The third kappa shape index (κ3) is 2.85. The fourth-order valence-corrected chi connectivity index (χ4v) is 1.86. The Balaban J connectivity index is 2.21. The summed E-state index contributed by atoms with van der Waals surface area (Å²) in [7, 11) is 0. The van der Waals surface area contributed by atoms with Crippen LogP contribution in [0.15, 0.2) is 39.4 Å². The number of carboxylic acids is 1. The molecule has 0 aliphatic carbocycles. The molecule has 6 heteroatoms. The molecule has 0 spiro atoms. The number of halogens is 1. The predicted molar refractivity (Wildman–Crippen MR) is 72.5 cm³/mol. The highest BCUT2D eigenvalue weighted by Gasteiger charge is 2.15. The van der Waals surface area contributed by atoms with Crippen molar-refractivity contribution < 1.29 is 19.1 Å². The van der Waals surface area contributed by atoms with Crippen LogP contribution in [0.25, 0.3) is 0 Å². The van der Waals surface area contributed by atoms with E-state index in [1.165, 1.54) is 6.07 Å². The van der Waals surface area contributed by atoms with E-state index in [4.69, 9.17) is 9.52 Å². The van der Waals surface area contributed by atoms with E-state index in [9.17, 15) is 9.59 Å². The smallest absolute Gasteiger partial charge is 0.338 e. The SMILES string of the molecule is Cc1c(Br)cccc1NC(=O)c1cc(C(=O)O)co1. The second-order valence-electron chi connectivity index (χ2n) is 3.87. The van der Waals surface area contributed by atoms with Gasteiger partial charge in [-0.1, -0.05) is 22.0 Å². The Labute approximate surface area is 117 Å². The van der Waals surface area contributed by atoms with Crippen LogP contribution in [0.3, 0.4) is 0 Å². The van der Waals surface area contributed by atoms with Crippen LogP contribution in [0.5, 0.6) is 0 Å². The van der Waals surface area contributed by atoms with Gasteiger partial charge < -0.3 is 14.8 Å². The number of nitrogens with one attached hydrogen (secondary N) is 1. The number of amides is 1. The topological polar surface area (TPSA) is 79.5 Å². The van der Waals surface area contributed by atoms with Crippen molar-refractivity contribution in [3.8, 4) is 0 Å². The highest BCUT2D eigenvalue weighted by atomic mass is 79.9. The highest BCUT2D eigenvalue weighted by Crippen LogP contribution is 2.24. The third-order valence-electron chi connectivity index (χ3n) is 2.59. The maximum absolute atomic E-state index is 11.9. The van der Waals surface area contributed by atoms with E-state index in [2.05, 4.69) is 21.2 Å². The number of benzene rings is 1. The van der Waals surface area contributed by atoms with Crippen LogP contribution in [0, 0.1) is 6.92 Å². The lowest BCUT2D eigenvalue weighted by Crippen LogP contribution is -2.12. The number of rotatable bonds is 3. The lowest BCUT2D eigenvalue weighted by molar-refractivity contribution is 0.0696. The molecule has 0 saturated heterocycles. The molecule has 1 heterocycles. The van der Waals surface area contributed by atoms with Crippen molar-refractivity contribution in [1.82, 2.24) is 0 Å². The summed E-state index contributed by atoms with van der Waals surface area (Å²) in [4.78, 5) is 22.6. The van der Waals surface area contributed by atoms with Crippen molar-refractivity contribution >= 4 is 33.5 Å². The van der Waals surface area contributed by atoms with E-state index in [1.54, 1.807) is 12.1 Å². The minimum atomic E-state index is -1.14. The van der Waals surface area contributed by atoms with Crippen LogP contribution in [0.4, 0.5) is 5.69 Å². The van der Waals surface area contributed by atoms with Crippen molar-refractivity contribution in [3.05, 3.63) is 51.9 Å². The second kappa shape index (κ2) is 5.27. The molecule has 0 saturated carbocycles. The van der Waals surface area contributed by atoms with Crippen molar-refractivity contribution in [2.75, 3.05) is 5.32 Å². The molecule has 0 bridgehead atoms. The van der Waals surface area contributed by atoms with Crippen molar-refractivity contribution in [2.45, 2.75) is 6.92 Å². The first-order valence-corrected chi connectivity index (χ1v) is 6.16. The average molecular weight is 324 g/mol. The summed E-state index contributed by atoms with van der Waals surface area (Å²) in [6.45, 7) is 1.85. The lowest BCUT2D eigenvalue weighted by atomic mass is 10.2. The number of aromatic carboxylic acids is 1. The predicted octanol–water partition coefficient (Wildman–Crippen LogP) is 3.30. The monoisotopic (exact) mass is 323 g/mol. The molecule has 0 radical (unpaired) electrons. The first kappa shape index (κ1) is 13.4. The maximum Gasteiger partial charge on any atom is 0.338 e. The molecule has 0 atom stereocenters. The number of furan rings is 1. The number of carbonyl (C=O) groups excluding carboxylic acids is 1. The molecule has 0 aliphatic rings. The summed E-state index contributed by atoms with van der Waals surface area (Å²) in [5, 5.41) is 11.4. The molecule has 2 N–H and O–H groups in total.